The Labute approximate surface area is 133 Å². The lowest BCUT2D eigenvalue weighted by Gasteiger charge is -2.16. The van der Waals surface area contributed by atoms with Crippen molar-refractivity contribution in [1.29, 1.82) is 0 Å². The standard InChI is InChI=1S/C13H22N4O.2ClH/c1-14-8-5-7-12(18)16-10-11-6-4-9-15-13(11)17(2)3;;/h4,6,9,14H,5,7-8,10H2,1-3H3,(H,16,18);2*1H. The molecule has 1 aromatic heterocycles. The summed E-state index contributed by atoms with van der Waals surface area (Å²) in [7, 11) is 5.78. The Morgan fingerprint density at radius 3 is 2.65 bits per heavy atom. The molecule has 116 valence electrons. The number of nitrogens with zero attached hydrogens (tertiary/aromatic N) is 2. The van der Waals surface area contributed by atoms with Gasteiger partial charge in [0, 0.05) is 38.8 Å². The maximum Gasteiger partial charge on any atom is 0.220 e. The summed E-state index contributed by atoms with van der Waals surface area (Å²) in [6.07, 6.45) is 3.17. The van der Waals surface area contributed by atoms with Gasteiger partial charge in [-0.2, -0.15) is 0 Å². The molecule has 1 aromatic rings. The van der Waals surface area contributed by atoms with E-state index in [1.165, 1.54) is 0 Å². The lowest BCUT2D eigenvalue weighted by Crippen LogP contribution is -2.25. The SMILES string of the molecule is CNCCCC(=O)NCc1cccnc1N(C)C.Cl.Cl. The number of rotatable bonds is 7. The van der Waals surface area contributed by atoms with Gasteiger partial charge in [-0.1, -0.05) is 6.07 Å². The van der Waals surface area contributed by atoms with Crippen LogP contribution in [0.2, 0.25) is 0 Å². The zero-order valence-electron chi connectivity index (χ0n) is 12.2. The normalized spacial score (nSPS) is 9.15. The molecule has 0 fully saturated rings. The van der Waals surface area contributed by atoms with Crippen LogP contribution in [0.25, 0.3) is 0 Å². The minimum absolute atomic E-state index is 0. The number of carbonyl (C=O) groups excluding carboxylic acids is 1. The molecule has 0 aliphatic carbocycles. The quantitative estimate of drug-likeness (QED) is 0.749. The zero-order chi connectivity index (χ0) is 13.4. The topological polar surface area (TPSA) is 57.3 Å². The summed E-state index contributed by atoms with van der Waals surface area (Å²) < 4.78 is 0. The molecule has 0 unspecified atom stereocenters. The first kappa shape index (κ1) is 21.3. The van der Waals surface area contributed by atoms with Crippen LogP contribution in [0.3, 0.4) is 0 Å². The lowest BCUT2D eigenvalue weighted by atomic mass is 10.2. The van der Waals surface area contributed by atoms with Gasteiger partial charge in [0.05, 0.1) is 0 Å². The molecular weight excluding hydrogens is 299 g/mol. The second-order valence-electron chi connectivity index (χ2n) is 4.36. The summed E-state index contributed by atoms with van der Waals surface area (Å²) in [5.41, 5.74) is 1.03. The Hall–Kier alpha value is -1.04. The van der Waals surface area contributed by atoms with Crippen molar-refractivity contribution >= 4 is 36.5 Å². The third kappa shape index (κ3) is 7.53. The first-order chi connectivity index (χ1) is 8.65. The number of hydrogen-bond acceptors (Lipinski definition) is 4. The monoisotopic (exact) mass is 322 g/mol. The first-order valence-electron chi connectivity index (χ1n) is 6.17. The van der Waals surface area contributed by atoms with Crippen molar-refractivity contribution in [2.75, 3.05) is 32.6 Å². The van der Waals surface area contributed by atoms with Crippen LogP contribution in [0.15, 0.2) is 18.3 Å². The fourth-order valence-electron chi connectivity index (χ4n) is 1.68. The summed E-state index contributed by atoms with van der Waals surface area (Å²) in [4.78, 5) is 17.8. The van der Waals surface area contributed by atoms with Crippen LogP contribution in [-0.4, -0.2) is 38.6 Å². The molecule has 1 amide bonds. The van der Waals surface area contributed by atoms with Crippen molar-refractivity contribution in [3.8, 4) is 0 Å². The van der Waals surface area contributed by atoms with Gasteiger partial charge in [-0.05, 0) is 26.1 Å². The number of nitrogens with one attached hydrogen (secondary N) is 2. The summed E-state index contributed by atoms with van der Waals surface area (Å²) in [6, 6.07) is 3.87. The van der Waals surface area contributed by atoms with Crippen molar-refractivity contribution < 1.29 is 4.79 Å². The Bertz CT molecular complexity index is 388. The van der Waals surface area contributed by atoms with Crippen molar-refractivity contribution in [3.63, 3.8) is 0 Å². The highest BCUT2D eigenvalue weighted by atomic mass is 35.5. The molecule has 0 spiro atoms. The number of carbonyl (C=O) groups is 1. The minimum atomic E-state index is 0. The number of pyridine rings is 1. The van der Waals surface area contributed by atoms with E-state index < -0.39 is 0 Å². The molecular formula is C13H24Cl2N4O. The van der Waals surface area contributed by atoms with Gasteiger partial charge in [0.1, 0.15) is 5.82 Å². The third-order valence-corrected chi connectivity index (χ3v) is 2.60. The van der Waals surface area contributed by atoms with E-state index in [0.717, 1.165) is 24.3 Å². The number of hydrogen-bond donors (Lipinski definition) is 2. The Morgan fingerprint density at radius 2 is 2.05 bits per heavy atom. The predicted molar refractivity (Wildman–Crippen MR) is 88.1 cm³/mol. The second-order valence-corrected chi connectivity index (χ2v) is 4.36. The molecule has 0 aromatic carbocycles. The van der Waals surface area contributed by atoms with Gasteiger partial charge < -0.3 is 15.5 Å². The average Bonchev–Trinajstić information content (AvgIpc) is 2.37. The van der Waals surface area contributed by atoms with Crippen LogP contribution in [-0.2, 0) is 11.3 Å². The molecule has 0 aliphatic heterocycles. The summed E-state index contributed by atoms with van der Waals surface area (Å²) in [5, 5.41) is 5.94. The van der Waals surface area contributed by atoms with Gasteiger partial charge in [-0.3, -0.25) is 4.79 Å². The van der Waals surface area contributed by atoms with Crippen molar-refractivity contribution in [3.05, 3.63) is 23.9 Å². The van der Waals surface area contributed by atoms with Crippen molar-refractivity contribution in [1.82, 2.24) is 15.6 Å². The van der Waals surface area contributed by atoms with Crippen molar-refractivity contribution in [2.24, 2.45) is 0 Å². The van der Waals surface area contributed by atoms with E-state index in [0.29, 0.717) is 13.0 Å². The number of amides is 1. The maximum atomic E-state index is 11.6. The molecule has 2 N–H and O–H groups in total. The predicted octanol–water partition coefficient (Wildman–Crippen LogP) is 1.61. The summed E-state index contributed by atoms with van der Waals surface area (Å²) >= 11 is 0. The van der Waals surface area contributed by atoms with Crippen LogP contribution in [0.1, 0.15) is 18.4 Å². The van der Waals surface area contributed by atoms with Crippen LogP contribution in [0.4, 0.5) is 5.82 Å². The van der Waals surface area contributed by atoms with E-state index in [-0.39, 0.29) is 30.7 Å². The summed E-state index contributed by atoms with van der Waals surface area (Å²) in [5.74, 6) is 0.979. The number of anilines is 1. The molecule has 0 atom stereocenters. The van der Waals surface area contributed by atoms with E-state index in [1.54, 1.807) is 6.20 Å². The molecule has 1 heterocycles. The molecule has 7 heteroatoms. The zero-order valence-corrected chi connectivity index (χ0v) is 13.8. The average molecular weight is 323 g/mol. The molecule has 0 bridgehead atoms. The molecule has 20 heavy (non-hydrogen) atoms. The number of aromatic nitrogens is 1. The van der Waals surface area contributed by atoms with E-state index in [1.807, 2.05) is 38.2 Å². The molecule has 1 rings (SSSR count). The molecule has 0 aliphatic rings. The third-order valence-electron chi connectivity index (χ3n) is 2.60. The van der Waals surface area contributed by atoms with Gasteiger partial charge in [0.2, 0.25) is 5.91 Å². The smallest absolute Gasteiger partial charge is 0.220 e. The lowest BCUT2D eigenvalue weighted by molar-refractivity contribution is -0.121. The fourth-order valence-corrected chi connectivity index (χ4v) is 1.68. The highest BCUT2D eigenvalue weighted by Gasteiger charge is 2.06. The van der Waals surface area contributed by atoms with Crippen LogP contribution < -0.4 is 15.5 Å². The van der Waals surface area contributed by atoms with Crippen LogP contribution >= 0.6 is 24.8 Å². The van der Waals surface area contributed by atoms with E-state index in [4.69, 9.17) is 0 Å². The van der Waals surface area contributed by atoms with Crippen LogP contribution in [0, 0.1) is 0 Å². The minimum Gasteiger partial charge on any atom is -0.362 e. The Kier molecular flexibility index (Phi) is 12.5. The van der Waals surface area contributed by atoms with E-state index >= 15 is 0 Å². The fraction of sp³-hybridized carbons (Fsp3) is 0.538. The largest absolute Gasteiger partial charge is 0.362 e. The maximum absolute atomic E-state index is 11.6. The van der Waals surface area contributed by atoms with E-state index in [9.17, 15) is 4.79 Å². The molecule has 5 nitrogen and oxygen atoms in total. The van der Waals surface area contributed by atoms with Crippen LogP contribution in [0.5, 0.6) is 0 Å². The van der Waals surface area contributed by atoms with E-state index in [2.05, 4.69) is 15.6 Å². The van der Waals surface area contributed by atoms with Gasteiger partial charge in [0.25, 0.3) is 0 Å². The van der Waals surface area contributed by atoms with Gasteiger partial charge in [0.15, 0.2) is 0 Å². The number of halogens is 2. The van der Waals surface area contributed by atoms with Gasteiger partial charge >= 0.3 is 0 Å². The first-order valence-corrected chi connectivity index (χ1v) is 6.17. The Balaban J connectivity index is 0. The van der Waals surface area contributed by atoms with Crippen molar-refractivity contribution in [2.45, 2.75) is 19.4 Å². The molecule has 0 radical (unpaired) electrons. The Morgan fingerprint density at radius 1 is 1.35 bits per heavy atom. The highest BCUT2D eigenvalue weighted by Crippen LogP contribution is 2.13. The highest BCUT2D eigenvalue weighted by molar-refractivity contribution is 5.85. The molecule has 0 saturated heterocycles. The molecule has 0 saturated carbocycles. The second kappa shape index (κ2) is 11.8. The van der Waals surface area contributed by atoms with Gasteiger partial charge in [-0.15, -0.1) is 24.8 Å². The summed E-state index contributed by atoms with van der Waals surface area (Å²) in [6.45, 7) is 1.39. The van der Waals surface area contributed by atoms with Gasteiger partial charge in [-0.25, -0.2) is 4.98 Å².